The molecule has 156 valence electrons. The molecule has 2 heterocycles. The van der Waals surface area contributed by atoms with Crippen LogP contribution in [0.15, 0.2) is 34.2 Å². The van der Waals surface area contributed by atoms with E-state index in [1.54, 1.807) is 12.1 Å². The molecular formula is C18H28IN5O3S. The van der Waals surface area contributed by atoms with Gasteiger partial charge in [0.05, 0.1) is 11.4 Å². The Morgan fingerprint density at radius 1 is 1.43 bits per heavy atom. The summed E-state index contributed by atoms with van der Waals surface area (Å²) in [5, 5.41) is 11.5. The highest BCUT2D eigenvalue weighted by atomic mass is 127. The SMILES string of the molecule is CCNC(=NCc1cccc(S(N)(=O)=O)c1)N1CCCC2(CNC(=O)C2)C1.I. The zero-order chi connectivity index (χ0) is 19.5. The summed E-state index contributed by atoms with van der Waals surface area (Å²) in [6.45, 7) is 5.49. The number of benzene rings is 1. The van der Waals surface area contributed by atoms with Crippen molar-refractivity contribution < 1.29 is 13.2 Å². The summed E-state index contributed by atoms with van der Waals surface area (Å²) in [7, 11) is -3.73. The molecule has 3 rings (SSSR count). The van der Waals surface area contributed by atoms with Crippen molar-refractivity contribution in [1.29, 1.82) is 0 Å². The van der Waals surface area contributed by atoms with Gasteiger partial charge in [-0.05, 0) is 37.5 Å². The van der Waals surface area contributed by atoms with Gasteiger partial charge in [-0.1, -0.05) is 12.1 Å². The van der Waals surface area contributed by atoms with E-state index in [1.807, 2.05) is 13.0 Å². The van der Waals surface area contributed by atoms with Crippen LogP contribution in [0.4, 0.5) is 0 Å². The molecule has 2 fully saturated rings. The number of halogens is 1. The Morgan fingerprint density at radius 2 is 2.21 bits per heavy atom. The molecule has 2 aliphatic rings. The lowest BCUT2D eigenvalue weighted by Gasteiger charge is -2.40. The Labute approximate surface area is 183 Å². The average molecular weight is 521 g/mol. The number of nitrogens with zero attached hydrogens (tertiary/aromatic N) is 2. The number of rotatable bonds is 4. The minimum Gasteiger partial charge on any atom is -0.357 e. The molecule has 2 saturated heterocycles. The minimum atomic E-state index is -3.73. The van der Waals surface area contributed by atoms with Gasteiger partial charge in [-0.3, -0.25) is 4.79 Å². The molecule has 0 bridgehead atoms. The molecule has 10 heteroatoms. The first-order valence-electron chi connectivity index (χ1n) is 9.23. The van der Waals surface area contributed by atoms with Gasteiger partial charge in [-0.15, -0.1) is 24.0 Å². The summed E-state index contributed by atoms with van der Waals surface area (Å²) in [5.41, 5.74) is 0.764. The van der Waals surface area contributed by atoms with Crippen molar-refractivity contribution in [3.8, 4) is 0 Å². The molecule has 28 heavy (non-hydrogen) atoms. The number of carbonyl (C=O) groups is 1. The number of likely N-dealkylation sites (tertiary alicyclic amines) is 1. The van der Waals surface area contributed by atoms with Crippen LogP contribution in [0.25, 0.3) is 0 Å². The Balaban J connectivity index is 0.00000280. The summed E-state index contributed by atoms with van der Waals surface area (Å²) in [6, 6.07) is 6.54. The predicted octanol–water partition coefficient (Wildman–Crippen LogP) is 1.02. The van der Waals surface area contributed by atoms with Gasteiger partial charge >= 0.3 is 0 Å². The molecule has 1 atom stereocenters. The Kier molecular flexibility index (Phi) is 7.68. The molecule has 4 N–H and O–H groups in total. The second kappa shape index (κ2) is 9.40. The number of guanidine groups is 1. The summed E-state index contributed by atoms with van der Waals surface area (Å²) >= 11 is 0. The van der Waals surface area contributed by atoms with Crippen LogP contribution in [0.2, 0.25) is 0 Å². The van der Waals surface area contributed by atoms with Gasteiger partial charge in [0, 0.05) is 38.0 Å². The maximum atomic E-state index is 11.7. The number of sulfonamides is 1. The summed E-state index contributed by atoms with van der Waals surface area (Å²) < 4.78 is 23.1. The highest BCUT2D eigenvalue weighted by Crippen LogP contribution is 2.36. The molecule has 0 radical (unpaired) electrons. The number of hydrogen-bond acceptors (Lipinski definition) is 4. The molecule has 0 aromatic heterocycles. The van der Waals surface area contributed by atoms with Crippen molar-refractivity contribution in [3.63, 3.8) is 0 Å². The highest BCUT2D eigenvalue weighted by molar-refractivity contribution is 14.0. The second-order valence-electron chi connectivity index (χ2n) is 7.34. The van der Waals surface area contributed by atoms with E-state index >= 15 is 0 Å². The van der Waals surface area contributed by atoms with Crippen molar-refractivity contribution in [3.05, 3.63) is 29.8 Å². The third-order valence-corrected chi connectivity index (χ3v) is 6.04. The van der Waals surface area contributed by atoms with Crippen LogP contribution in [-0.4, -0.2) is 51.4 Å². The van der Waals surface area contributed by atoms with Crippen LogP contribution in [0, 0.1) is 5.41 Å². The third-order valence-electron chi connectivity index (χ3n) is 5.13. The number of amides is 1. The van der Waals surface area contributed by atoms with Gasteiger partial charge in [0.2, 0.25) is 15.9 Å². The zero-order valence-electron chi connectivity index (χ0n) is 16.0. The van der Waals surface area contributed by atoms with Crippen LogP contribution < -0.4 is 15.8 Å². The summed E-state index contributed by atoms with van der Waals surface area (Å²) in [4.78, 5) is 18.7. The number of nitrogens with one attached hydrogen (secondary N) is 2. The summed E-state index contributed by atoms with van der Waals surface area (Å²) in [5.74, 6) is 0.913. The molecule has 1 unspecified atom stereocenters. The minimum absolute atomic E-state index is 0. The van der Waals surface area contributed by atoms with Crippen molar-refractivity contribution in [2.45, 2.75) is 37.6 Å². The first kappa shape index (κ1) is 22.9. The molecule has 0 aliphatic carbocycles. The normalized spacial score (nSPS) is 22.7. The van der Waals surface area contributed by atoms with Crippen LogP contribution >= 0.6 is 24.0 Å². The third kappa shape index (κ3) is 5.57. The Morgan fingerprint density at radius 3 is 2.86 bits per heavy atom. The van der Waals surface area contributed by atoms with Crippen molar-refractivity contribution in [1.82, 2.24) is 15.5 Å². The number of nitrogens with two attached hydrogens (primary N) is 1. The van der Waals surface area contributed by atoms with E-state index in [0.717, 1.165) is 50.5 Å². The zero-order valence-corrected chi connectivity index (χ0v) is 19.1. The van der Waals surface area contributed by atoms with E-state index in [0.29, 0.717) is 13.0 Å². The maximum Gasteiger partial charge on any atom is 0.238 e. The van der Waals surface area contributed by atoms with Crippen molar-refractivity contribution in [2.24, 2.45) is 15.5 Å². The Hall–Kier alpha value is -1.40. The number of piperidine rings is 1. The monoisotopic (exact) mass is 521 g/mol. The Bertz CT molecular complexity index is 845. The van der Waals surface area contributed by atoms with E-state index in [9.17, 15) is 13.2 Å². The van der Waals surface area contributed by atoms with Crippen molar-refractivity contribution in [2.75, 3.05) is 26.2 Å². The number of aliphatic imine (C=N–C) groups is 1. The fourth-order valence-electron chi connectivity index (χ4n) is 3.84. The van der Waals surface area contributed by atoms with E-state index in [1.165, 1.54) is 6.07 Å². The van der Waals surface area contributed by atoms with E-state index in [-0.39, 0.29) is 40.2 Å². The lowest BCUT2D eigenvalue weighted by atomic mass is 9.79. The molecule has 1 spiro atoms. The van der Waals surface area contributed by atoms with Gasteiger partial charge < -0.3 is 15.5 Å². The predicted molar refractivity (Wildman–Crippen MR) is 119 cm³/mol. The second-order valence-corrected chi connectivity index (χ2v) is 8.90. The molecule has 1 aromatic rings. The first-order chi connectivity index (χ1) is 12.8. The number of primary sulfonamides is 1. The van der Waals surface area contributed by atoms with Gasteiger partial charge in [0.1, 0.15) is 0 Å². The molecule has 1 amide bonds. The fourth-order valence-corrected chi connectivity index (χ4v) is 4.43. The van der Waals surface area contributed by atoms with Crippen LogP contribution in [0.1, 0.15) is 31.7 Å². The van der Waals surface area contributed by atoms with E-state index < -0.39 is 10.0 Å². The number of carbonyl (C=O) groups excluding carboxylic acids is 1. The average Bonchev–Trinajstić information content (AvgIpc) is 2.98. The molecule has 0 saturated carbocycles. The van der Waals surface area contributed by atoms with Gasteiger partial charge in [0.25, 0.3) is 0 Å². The standard InChI is InChI=1S/C18H27N5O3S.HI/c1-2-20-17(21-11-14-5-3-6-15(9-14)27(19,25)26)23-8-4-7-18(13-23)10-16(24)22-12-18;/h3,5-6,9H,2,4,7-8,10-13H2,1H3,(H,20,21)(H,22,24)(H2,19,25,26);1H. The molecule has 2 aliphatic heterocycles. The summed E-state index contributed by atoms with van der Waals surface area (Å²) in [6.07, 6.45) is 2.62. The fraction of sp³-hybridized carbons (Fsp3) is 0.556. The smallest absolute Gasteiger partial charge is 0.238 e. The van der Waals surface area contributed by atoms with E-state index in [4.69, 9.17) is 10.1 Å². The lowest BCUT2D eigenvalue weighted by Crippen LogP contribution is -2.51. The maximum absolute atomic E-state index is 11.7. The van der Waals surface area contributed by atoms with E-state index in [2.05, 4.69) is 15.5 Å². The van der Waals surface area contributed by atoms with Gasteiger partial charge in [0.15, 0.2) is 5.96 Å². The van der Waals surface area contributed by atoms with Gasteiger partial charge in [-0.25, -0.2) is 18.5 Å². The molecule has 1 aromatic carbocycles. The topological polar surface area (TPSA) is 117 Å². The largest absolute Gasteiger partial charge is 0.357 e. The molecular weight excluding hydrogens is 493 g/mol. The quantitative estimate of drug-likeness (QED) is 0.311. The van der Waals surface area contributed by atoms with Gasteiger partial charge in [-0.2, -0.15) is 0 Å². The highest BCUT2D eigenvalue weighted by Gasteiger charge is 2.42. The van der Waals surface area contributed by atoms with Crippen LogP contribution in [0.3, 0.4) is 0 Å². The van der Waals surface area contributed by atoms with Crippen molar-refractivity contribution >= 4 is 45.9 Å². The number of hydrogen-bond donors (Lipinski definition) is 3. The molecule has 8 nitrogen and oxygen atoms in total. The van der Waals surface area contributed by atoms with Crippen LogP contribution in [0.5, 0.6) is 0 Å². The van der Waals surface area contributed by atoms with Crippen LogP contribution in [-0.2, 0) is 21.4 Å². The lowest BCUT2D eigenvalue weighted by molar-refractivity contribution is -0.119. The first-order valence-corrected chi connectivity index (χ1v) is 10.8.